The molecule has 0 unspecified atom stereocenters. The molecule has 1 heterocycles. The van der Waals surface area contributed by atoms with Crippen molar-refractivity contribution in [1.82, 2.24) is 9.94 Å². The van der Waals surface area contributed by atoms with E-state index < -0.39 is 6.36 Å². The van der Waals surface area contributed by atoms with Gasteiger partial charge in [0.05, 0.1) is 0 Å². The zero-order valence-electron chi connectivity index (χ0n) is 7.32. The molecule has 0 aliphatic carbocycles. The molecule has 0 fully saturated rings. The second kappa shape index (κ2) is 3.04. The molecule has 2 rings (SSSR count). The van der Waals surface area contributed by atoms with Crippen LogP contribution in [0.1, 0.15) is 0 Å². The quantitative estimate of drug-likeness (QED) is 0.788. The predicted molar refractivity (Wildman–Crippen MR) is 46.8 cm³/mol. The van der Waals surface area contributed by atoms with Gasteiger partial charge in [-0.2, -0.15) is 0 Å². The molecular weight excluding hydrogens is 211 g/mol. The number of halogens is 3. The third-order valence-electron chi connectivity index (χ3n) is 1.77. The van der Waals surface area contributed by atoms with E-state index in [-0.39, 0.29) is 11.3 Å². The van der Waals surface area contributed by atoms with Gasteiger partial charge in [0, 0.05) is 5.39 Å². The van der Waals surface area contributed by atoms with Crippen LogP contribution in [0.25, 0.3) is 10.9 Å². The summed E-state index contributed by atoms with van der Waals surface area (Å²) in [5.41, 5.74) is 5.59. The van der Waals surface area contributed by atoms with Crippen LogP contribution < -0.4 is 10.6 Å². The number of nitrogens with zero attached hydrogens (tertiary/aromatic N) is 2. The fraction of sp³-hybridized carbons (Fsp3) is 0.125. The third-order valence-corrected chi connectivity index (χ3v) is 1.77. The van der Waals surface area contributed by atoms with E-state index in [9.17, 15) is 13.2 Å². The monoisotopic (exact) mass is 217 g/mol. The molecule has 4 nitrogen and oxygen atoms in total. The molecule has 0 amide bonds. The lowest BCUT2D eigenvalue weighted by Crippen LogP contribution is -2.27. The van der Waals surface area contributed by atoms with E-state index >= 15 is 0 Å². The van der Waals surface area contributed by atoms with E-state index in [4.69, 9.17) is 5.73 Å². The molecule has 0 aliphatic heterocycles. The Balaban J connectivity index is 2.53. The number of rotatable bonds is 1. The second-order valence-corrected chi connectivity index (χ2v) is 2.81. The molecule has 1 aromatic heterocycles. The third kappa shape index (κ3) is 1.80. The van der Waals surface area contributed by atoms with Crippen molar-refractivity contribution in [3.05, 3.63) is 24.3 Å². The molecule has 0 radical (unpaired) electrons. The van der Waals surface area contributed by atoms with Gasteiger partial charge < -0.3 is 5.73 Å². The van der Waals surface area contributed by atoms with E-state index in [1.807, 2.05) is 0 Å². The van der Waals surface area contributed by atoms with Crippen LogP contribution in [-0.4, -0.2) is 16.3 Å². The zero-order chi connectivity index (χ0) is 11.1. The van der Waals surface area contributed by atoms with Crippen LogP contribution in [0.15, 0.2) is 24.3 Å². The highest BCUT2D eigenvalue weighted by atomic mass is 19.4. The SMILES string of the molecule is Nc1nn(OC(F)(F)F)c2ccccc12. The minimum Gasteiger partial charge on any atom is -0.382 e. The molecule has 0 bridgehead atoms. The Morgan fingerprint density at radius 2 is 1.93 bits per heavy atom. The standard InChI is InChI=1S/C8H6F3N3O/c9-8(10,11)15-14-6-4-2-1-3-5(6)7(12)13-14/h1-4H,(H2,12,13). The maximum absolute atomic E-state index is 12.0. The summed E-state index contributed by atoms with van der Waals surface area (Å²) >= 11 is 0. The smallest absolute Gasteiger partial charge is 0.382 e. The summed E-state index contributed by atoms with van der Waals surface area (Å²) in [6.07, 6.45) is -4.79. The summed E-state index contributed by atoms with van der Waals surface area (Å²) in [6.45, 7) is 0. The summed E-state index contributed by atoms with van der Waals surface area (Å²) in [5, 5.41) is 3.85. The topological polar surface area (TPSA) is 53.1 Å². The van der Waals surface area contributed by atoms with Crippen molar-refractivity contribution < 1.29 is 18.0 Å². The van der Waals surface area contributed by atoms with Crippen molar-refractivity contribution >= 4 is 16.7 Å². The number of para-hydroxylation sites is 1. The number of hydrogen-bond acceptors (Lipinski definition) is 3. The Labute approximate surface area is 82.0 Å². The number of aromatic nitrogens is 2. The van der Waals surface area contributed by atoms with Crippen LogP contribution in [0, 0.1) is 0 Å². The predicted octanol–water partition coefficient (Wildman–Crippen LogP) is 1.57. The fourth-order valence-corrected chi connectivity index (χ4v) is 1.23. The van der Waals surface area contributed by atoms with Crippen LogP contribution in [0.5, 0.6) is 0 Å². The van der Waals surface area contributed by atoms with Gasteiger partial charge in [-0.15, -0.1) is 18.3 Å². The van der Waals surface area contributed by atoms with Crippen molar-refractivity contribution in [2.75, 3.05) is 5.73 Å². The number of hydrogen-bond donors (Lipinski definition) is 1. The highest BCUT2D eigenvalue weighted by Gasteiger charge is 2.33. The molecular formula is C8H6F3N3O. The Bertz CT molecular complexity index is 491. The highest BCUT2D eigenvalue weighted by Crippen LogP contribution is 2.21. The number of alkyl halides is 3. The van der Waals surface area contributed by atoms with Gasteiger partial charge in [-0.1, -0.05) is 17.0 Å². The van der Waals surface area contributed by atoms with E-state index in [0.29, 0.717) is 10.2 Å². The van der Waals surface area contributed by atoms with Gasteiger partial charge in [-0.05, 0) is 12.1 Å². The van der Waals surface area contributed by atoms with Crippen molar-refractivity contribution in [3.8, 4) is 0 Å². The minimum absolute atomic E-state index is 0.00477. The largest absolute Gasteiger partial charge is 0.593 e. The molecule has 7 heteroatoms. The molecule has 15 heavy (non-hydrogen) atoms. The first-order valence-corrected chi connectivity index (χ1v) is 3.97. The Morgan fingerprint density at radius 3 is 2.60 bits per heavy atom. The summed E-state index contributed by atoms with van der Waals surface area (Å²) in [5.74, 6) is -0.00477. The van der Waals surface area contributed by atoms with E-state index in [2.05, 4.69) is 9.94 Å². The van der Waals surface area contributed by atoms with E-state index in [1.165, 1.54) is 6.07 Å². The summed E-state index contributed by atoms with van der Waals surface area (Å²) in [7, 11) is 0. The molecule has 0 spiro atoms. The van der Waals surface area contributed by atoms with Crippen molar-refractivity contribution in [1.29, 1.82) is 0 Å². The summed E-state index contributed by atoms with van der Waals surface area (Å²) in [6, 6.07) is 6.22. The molecule has 2 aromatic rings. The van der Waals surface area contributed by atoms with E-state index in [1.54, 1.807) is 18.2 Å². The van der Waals surface area contributed by atoms with Gasteiger partial charge in [0.2, 0.25) is 0 Å². The number of nitrogen functional groups attached to an aromatic ring is 1. The van der Waals surface area contributed by atoms with Crippen LogP contribution in [0.4, 0.5) is 19.0 Å². The van der Waals surface area contributed by atoms with Crippen LogP contribution in [0.3, 0.4) is 0 Å². The van der Waals surface area contributed by atoms with Gasteiger partial charge in [-0.3, -0.25) is 4.84 Å². The zero-order valence-corrected chi connectivity index (χ0v) is 7.32. The summed E-state index contributed by atoms with van der Waals surface area (Å²) < 4.78 is 35.9. The normalized spacial score (nSPS) is 11.9. The molecule has 80 valence electrons. The lowest BCUT2D eigenvalue weighted by atomic mass is 10.2. The Kier molecular flexibility index (Phi) is 1.95. The van der Waals surface area contributed by atoms with Crippen molar-refractivity contribution in [3.63, 3.8) is 0 Å². The molecule has 0 atom stereocenters. The van der Waals surface area contributed by atoms with Gasteiger partial charge in [0.1, 0.15) is 5.52 Å². The average Bonchev–Trinajstić information content (AvgIpc) is 2.42. The first-order chi connectivity index (χ1) is 6.97. The summed E-state index contributed by atoms with van der Waals surface area (Å²) in [4.78, 5) is 4.03. The fourth-order valence-electron chi connectivity index (χ4n) is 1.23. The molecule has 1 aromatic carbocycles. The Morgan fingerprint density at radius 1 is 1.27 bits per heavy atom. The van der Waals surface area contributed by atoms with E-state index in [0.717, 1.165) is 0 Å². The number of nitrogens with two attached hydrogens (primary N) is 1. The highest BCUT2D eigenvalue weighted by molar-refractivity contribution is 5.88. The van der Waals surface area contributed by atoms with Gasteiger partial charge >= 0.3 is 6.36 Å². The molecule has 0 saturated heterocycles. The first-order valence-electron chi connectivity index (χ1n) is 3.97. The number of anilines is 1. The average molecular weight is 217 g/mol. The van der Waals surface area contributed by atoms with Gasteiger partial charge in [0.15, 0.2) is 5.82 Å². The van der Waals surface area contributed by atoms with Crippen molar-refractivity contribution in [2.24, 2.45) is 0 Å². The first kappa shape index (κ1) is 9.63. The maximum Gasteiger partial charge on any atom is 0.593 e. The maximum atomic E-state index is 12.0. The molecule has 0 saturated carbocycles. The molecule has 0 aliphatic rings. The minimum atomic E-state index is -4.79. The van der Waals surface area contributed by atoms with Gasteiger partial charge in [0.25, 0.3) is 0 Å². The van der Waals surface area contributed by atoms with Crippen LogP contribution in [0.2, 0.25) is 0 Å². The second-order valence-electron chi connectivity index (χ2n) is 2.81. The van der Waals surface area contributed by atoms with Gasteiger partial charge in [-0.25, -0.2) is 0 Å². The lowest BCUT2D eigenvalue weighted by molar-refractivity contribution is -0.326. The lowest BCUT2D eigenvalue weighted by Gasteiger charge is -2.07. The molecule has 2 N–H and O–H groups in total. The number of benzene rings is 1. The van der Waals surface area contributed by atoms with Crippen LogP contribution >= 0.6 is 0 Å². The van der Waals surface area contributed by atoms with Crippen LogP contribution in [-0.2, 0) is 0 Å². The Hall–Kier alpha value is -1.92. The number of fused-ring (bicyclic) bond motifs is 1. The van der Waals surface area contributed by atoms with Crippen molar-refractivity contribution in [2.45, 2.75) is 6.36 Å².